The molecule has 0 saturated heterocycles. The van der Waals surface area contributed by atoms with Gasteiger partial charge >= 0.3 is 0 Å². The number of amides is 1. The molecule has 6 heteroatoms. The summed E-state index contributed by atoms with van der Waals surface area (Å²) in [6.45, 7) is 0.497. The average Bonchev–Trinajstić information content (AvgIpc) is 3.29. The highest BCUT2D eigenvalue weighted by molar-refractivity contribution is 7.22. The van der Waals surface area contributed by atoms with Crippen LogP contribution in [0.3, 0.4) is 0 Å². The molecule has 0 radical (unpaired) electrons. The highest BCUT2D eigenvalue weighted by atomic mass is 35.5. The Morgan fingerprint density at radius 1 is 1.28 bits per heavy atom. The van der Waals surface area contributed by atoms with Gasteiger partial charge in [0, 0.05) is 23.3 Å². The second-order valence-electron chi connectivity index (χ2n) is 6.38. The van der Waals surface area contributed by atoms with Crippen molar-refractivity contribution < 1.29 is 4.79 Å². The van der Waals surface area contributed by atoms with Gasteiger partial charge in [-0.1, -0.05) is 41.8 Å². The molecule has 4 rings (SSSR count). The first kappa shape index (κ1) is 16.5. The molecule has 4 nitrogen and oxygen atoms in total. The monoisotopic (exact) mass is 371 g/mol. The zero-order valence-electron chi connectivity index (χ0n) is 13.7. The van der Waals surface area contributed by atoms with E-state index in [0.29, 0.717) is 11.6 Å². The van der Waals surface area contributed by atoms with Gasteiger partial charge in [-0.2, -0.15) is 0 Å². The maximum atomic E-state index is 13.1. The maximum Gasteiger partial charge on any atom is 0.232 e. The number of fused-ring (bicyclic) bond motifs is 1. The van der Waals surface area contributed by atoms with Crippen molar-refractivity contribution in [3.05, 3.63) is 53.3 Å². The third kappa shape index (κ3) is 3.53. The largest absolute Gasteiger partial charge is 0.283 e. The molecule has 0 aliphatic heterocycles. The minimum Gasteiger partial charge on any atom is -0.283 e. The summed E-state index contributed by atoms with van der Waals surface area (Å²) in [7, 11) is 0. The van der Waals surface area contributed by atoms with Crippen molar-refractivity contribution in [2.24, 2.45) is 5.92 Å². The Labute approximate surface area is 155 Å². The van der Waals surface area contributed by atoms with E-state index in [1.165, 1.54) is 11.3 Å². The van der Waals surface area contributed by atoms with E-state index >= 15 is 0 Å². The lowest BCUT2D eigenvalue weighted by Crippen LogP contribution is -2.34. The minimum absolute atomic E-state index is 0.104. The van der Waals surface area contributed by atoms with Crippen LogP contribution in [-0.4, -0.2) is 15.9 Å². The molecule has 0 unspecified atom stereocenters. The maximum absolute atomic E-state index is 13.1. The number of carbonyl (C=O) groups excluding carboxylic acids is 1. The Hall–Kier alpha value is -1.98. The van der Waals surface area contributed by atoms with E-state index in [0.717, 1.165) is 46.6 Å². The van der Waals surface area contributed by atoms with E-state index in [-0.39, 0.29) is 11.8 Å². The van der Waals surface area contributed by atoms with Crippen molar-refractivity contribution in [1.29, 1.82) is 0 Å². The van der Waals surface area contributed by atoms with Crippen LogP contribution >= 0.6 is 22.9 Å². The van der Waals surface area contributed by atoms with Gasteiger partial charge in [-0.05, 0) is 42.7 Å². The van der Waals surface area contributed by atoms with Gasteiger partial charge in [0.25, 0.3) is 0 Å². The lowest BCUT2D eigenvalue weighted by molar-refractivity contribution is -0.122. The molecule has 2 aromatic heterocycles. The van der Waals surface area contributed by atoms with Crippen LogP contribution in [0.15, 0.2) is 42.7 Å². The molecule has 25 heavy (non-hydrogen) atoms. The van der Waals surface area contributed by atoms with Gasteiger partial charge in [0.1, 0.15) is 0 Å². The molecule has 1 aliphatic carbocycles. The van der Waals surface area contributed by atoms with E-state index in [9.17, 15) is 4.79 Å². The number of aromatic nitrogens is 2. The van der Waals surface area contributed by atoms with Crippen LogP contribution in [-0.2, 0) is 11.3 Å². The van der Waals surface area contributed by atoms with E-state index in [1.54, 1.807) is 12.4 Å². The van der Waals surface area contributed by atoms with Crippen LogP contribution in [0.5, 0.6) is 0 Å². The Balaban J connectivity index is 1.71. The molecule has 128 valence electrons. The lowest BCUT2D eigenvalue weighted by Gasteiger charge is -2.23. The Bertz CT molecular complexity index is 890. The first-order chi connectivity index (χ1) is 12.2. The molecule has 2 heterocycles. The molecular weight excluding hydrogens is 354 g/mol. The summed E-state index contributed by atoms with van der Waals surface area (Å²) >= 11 is 7.61. The van der Waals surface area contributed by atoms with Crippen molar-refractivity contribution >= 4 is 44.2 Å². The molecule has 0 atom stereocenters. The van der Waals surface area contributed by atoms with Crippen LogP contribution in [0.1, 0.15) is 31.2 Å². The number of halogens is 1. The fourth-order valence-electron chi connectivity index (χ4n) is 3.31. The summed E-state index contributed by atoms with van der Waals surface area (Å²) in [5.74, 6) is 0.277. The SMILES string of the molecule is O=C(C1CCCC1)N(Cc1cccnc1)c1nc2ccc(Cl)cc2s1. The van der Waals surface area contributed by atoms with Gasteiger partial charge in [-0.15, -0.1) is 0 Å². The smallest absolute Gasteiger partial charge is 0.232 e. The third-order valence-electron chi connectivity index (χ3n) is 4.60. The topological polar surface area (TPSA) is 46.1 Å². The number of anilines is 1. The molecule has 1 saturated carbocycles. The van der Waals surface area contributed by atoms with Crippen LogP contribution in [0.25, 0.3) is 10.2 Å². The highest BCUT2D eigenvalue weighted by Crippen LogP contribution is 2.34. The minimum atomic E-state index is 0.104. The van der Waals surface area contributed by atoms with Crippen molar-refractivity contribution in [2.45, 2.75) is 32.2 Å². The van der Waals surface area contributed by atoms with Crippen LogP contribution in [0.2, 0.25) is 5.02 Å². The fourth-order valence-corrected chi connectivity index (χ4v) is 4.56. The number of rotatable bonds is 4. The summed E-state index contributed by atoms with van der Waals surface area (Å²) in [5, 5.41) is 1.42. The molecule has 0 spiro atoms. The van der Waals surface area contributed by atoms with Gasteiger partial charge < -0.3 is 0 Å². The van der Waals surface area contributed by atoms with Gasteiger partial charge in [0.15, 0.2) is 5.13 Å². The van der Waals surface area contributed by atoms with E-state index in [1.807, 2.05) is 35.2 Å². The number of thiazole rings is 1. The number of nitrogens with zero attached hydrogens (tertiary/aromatic N) is 3. The summed E-state index contributed by atoms with van der Waals surface area (Å²) in [6.07, 6.45) is 7.75. The van der Waals surface area contributed by atoms with Gasteiger partial charge in [0.2, 0.25) is 5.91 Å². The highest BCUT2D eigenvalue weighted by Gasteiger charge is 2.30. The van der Waals surface area contributed by atoms with Crippen molar-refractivity contribution in [1.82, 2.24) is 9.97 Å². The van der Waals surface area contributed by atoms with Crippen molar-refractivity contribution in [3.63, 3.8) is 0 Å². The zero-order valence-corrected chi connectivity index (χ0v) is 15.3. The Morgan fingerprint density at radius 2 is 2.12 bits per heavy atom. The summed E-state index contributed by atoms with van der Waals surface area (Å²) in [4.78, 5) is 23.8. The number of hydrogen-bond donors (Lipinski definition) is 0. The van der Waals surface area contributed by atoms with Crippen LogP contribution in [0.4, 0.5) is 5.13 Å². The van der Waals surface area contributed by atoms with E-state index in [2.05, 4.69) is 9.97 Å². The molecule has 0 N–H and O–H groups in total. The first-order valence-corrected chi connectivity index (χ1v) is 9.66. The van der Waals surface area contributed by atoms with E-state index < -0.39 is 0 Å². The first-order valence-electron chi connectivity index (χ1n) is 8.47. The number of benzene rings is 1. The molecule has 1 aromatic carbocycles. The zero-order chi connectivity index (χ0) is 17.2. The molecule has 0 bridgehead atoms. The lowest BCUT2D eigenvalue weighted by atomic mass is 10.1. The molecule has 3 aromatic rings. The van der Waals surface area contributed by atoms with Gasteiger partial charge in [0.05, 0.1) is 16.8 Å². The van der Waals surface area contributed by atoms with Crippen LogP contribution < -0.4 is 4.90 Å². The average molecular weight is 372 g/mol. The molecule has 1 aliphatic rings. The number of pyridine rings is 1. The number of carbonyl (C=O) groups is 1. The second-order valence-corrected chi connectivity index (χ2v) is 7.82. The second kappa shape index (κ2) is 7.10. The summed E-state index contributed by atoms with van der Waals surface area (Å²) < 4.78 is 0.998. The van der Waals surface area contributed by atoms with Crippen molar-refractivity contribution in [2.75, 3.05) is 4.90 Å². The van der Waals surface area contributed by atoms with Gasteiger partial charge in [-0.3, -0.25) is 14.7 Å². The predicted molar refractivity (Wildman–Crippen MR) is 102 cm³/mol. The van der Waals surface area contributed by atoms with Crippen molar-refractivity contribution in [3.8, 4) is 0 Å². The number of hydrogen-bond acceptors (Lipinski definition) is 4. The van der Waals surface area contributed by atoms with Crippen LogP contribution in [0, 0.1) is 5.92 Å². The Kier molecular flexibility index (Phi) is 4.68. The molecular formula is C19H18ClN3OS. The summed E-state index contributed by atoms with van der Waals surface area (Å²) in [6, 6.07) is 9.52. The molecule has 1 fully saturated rings. The quantitative estimate of drug-likeness (QED) is 0.643. The third-order valence-corrected chi connectivity index (χ3v) is 5.88. The molecule has 1 amide bonds. The van der Waals surface area contributed by atoms with E-state index in [4.69, 9.17) is 11.6 Å². The fraction of sp³-hybridized carbons (Fsp3) is 0.316. The summed E-state index contributed by atoms with van der Waals surface area (Å²) in [5.41, 5.74) is 1.88. The normalized spacial score (nSPS) is 14.9. The Morgan fingerprint density at radius 3 is 2.88 bits per heavy atom. The van der Waals surface area contributed by atoms with Gasteiger partial charge in [-0.25, -0.2) is 4.98 Å². The standard InChI is InChI=1S/C19H18ClN3OS/c20-15-7-8-16-17(10-15)25-19(22-16)23(12-13-4-3-9-21-11-13)18(24)14-5-1-2-6-14/h3-4,7-11,14H,1-2,5-6,12H2. The predicted octanol–water partition coefficient (Wildman–Crippen LogP) is 5.07.